The number of hydrogen-bond acceptors (Lipinski definition) is 8. The maximum atomic E-state index is 13.2. The van der Waals surface area contributed by atoms with E-state index in [-0.39, 0.29) is 30.4 Å². The van der Waals surface area contributed by atoms with E-state index in [4.69, 9.17) is 14.2 Å². The first kappa shape index (κ1) is 23.5. The minimum atomic E-state index is -0.601. The van der Waals surface area contributed by atoms with Crippen LogP contribution in [0, 0.1) is 17.8 Å². The van der Waals surface area contributed by atoms with Crippen molar-refractivity contribution in [2.24, 2.45) is 17.8 Å². The van der Waals surface area contributed by atoms with Gasteiger partial charge in [0.1, 0.15) is 24.6 Å². The summed E-state index contributed by atoms with van der Waals surface area (Å²) in [7, 11) is 0. The normalized spacial score (nSPS) is 40.6. The molecule has 4 bridgehead atoms. The van der Waals surface area contributed by atoms with E-state index in [1.807, 2.05) is 4.57 Å². The summed E-state index contributed by atoms with van der Waals surface area (Å²) in [5.41, 5.74) is 0.943. The quantitative estimate of drug-likeness (QED) is 0.555. The summed E-state index contributed by atoms with van der Waals surface area (Å²) in [5.74, 6) is 2.01. The first-order chi connectivity index (χ1) is 18.5. The lowest BCUT2D eigenvalue weighted by Crippen LogP contribution is -2.60. The van der Waals surface area contributed by atoms with E-state index < -0.39 is 18.1 Å². The smallest absolute Gasteiger partial charge is 0.320 e. The highest BCUT2D eigenvalue weighted by Gasteiger charge is 2.59. The van der Waals surface area contributed by atoms with Gasteiger partial charge < -0.3 is 24.6 Å². The molecule has 3 N–H and O–H groups in total. The first-order valence-corrected chi connectivity index (χ1v) is 14.4. The van der Waals surface area contributed by atoms with Crippen LogP contribution in [0.3, 0.4) is 0 Å². The predicted molar refractivity (Wildman–Crippen MR) is 135 cm³/mol. The lowest BCUT2D eigenvalue weighted by Gasteiger charge is -2.56. The number of amides is 2. The summed E-state index contributed by atoms with van der Waals surface area (Å²) in [6.45, 7) is -0.157. The Kier molecular flexibility index (Phi) is 5.31. The zero-order valence-electron chi connectivity index (χ0n) is 21.6. The molecule has 2 aliphatic heterocycles. The molecule has 2 saturated heterocycles. The van der Waals surface area contributed by atoms with Gasteiger partial charge in [0.05, 0.1) is 12.9 Å². The van der Waals surface area contributed by atoms with E-state index in [0.717, 1.165) is 62.7 Å². The van der Waals surface area contributed by atoms with Gasteiger partial charge in [0, 0.05) is 18.4 Å². The van der Waals surface area contributed by atoms with Crippen LogP contribution in [0.1, 0.15) is 76.9 Å². The number of carbonyl (C=O) groups excluding carboxylic acids is 1. The van der Waals surface area contributed by atoms with Crippen LogP contribution in [0.25, 0.3) is 11.2 Å². The van der Waals surface area contributed by atoms with Gasteiger partial charge in [0.15, 0.2) is 29.0 Å². The molecule has 11 heteroatoms. The second-order valence-electron chi connectivity index (χ2n) is 12.7. The molecular weight excluding hydrogens is 488 g/mol. The van der Waals surface area contributed by atoms with Crippen molar-refractivity contribution >= 4 is 23.0 Å². The van der Waals surface area contributed by atoms with Crippen molar-refractivity contribution in [2.75, 3.05) is 11.9 Å². The van der Waals surface area contributed by atoms with Gasteiger partial charge >= 0.3 is 6.03 Å². The van der Waals surface area contributed by atoms with E-state index in [9.17, 15) is 9.90 Å². The van der Waals surface area contributed by atoms with Crippen molar-refractivity contribution in [3.63, 3.8) is 0 Å². The van der Waals surface area contributed by atoms with Gasteiger partial charge in [-0.05, 0) is 69.1 Å². The summed E-state index contributed by atoms with van der Waals surface area (Å²) in [6, 6.07) is -0.231. The standard InChI is InChI=1S/C27H36N6O5/c34-12-18-20-21(38-27(37-20)4-2-1-3-5-27)24(36-18)33-14-30-19-22(28-13-29-23(19)33)31-25(35)32-26-9-15-6-16(10-26)8-17(7-15)11-26/h13-18,20-21,24,34H,1-12H2,(H2,28,29,31,32,35)/t15?,16?,17?,18-,20-,21-,24-,26?/m1/s1. The van der Waals surface area contributed by atoms with Crippen LogP contribution in [0.2, 0.25) is 0 Å². The average Bonchev–Trinajstić information content (AvgIpc) is 3.55. The molecule has 2 amide bonds. The Balaban J connectivity index is 1.03. The van der Waals surface area contributed by atoms with Crippen molar-refractivity contribution < 1.29 is 24.1 Å². The molecule has 11 nitrogen and oxygen atoms in total. The molecule has 38 heavy (non-hydrogen) atoms. The van der Waals surface area contributed by atoms with Gasteiger partial charge in [-0.3, -0.25) is 9.88 Å². The molecular formula is C27H36N6O5. The minimum absolute atomic E-state index is 0.0920. The molecule has 2 aromatic rings. The van der Waals surface area contributed by atoms with Gasteiger partial charge in [-0.1, -0.05) is 6.42 Å². The maximum absolute atomic E-state index is 13.2. The molecule has 0 unspecified atom stereocenters. The number of hydrogen-bond donors (Lipinski definition) is 3. The zero-order chi connectivity index (χ0) is 25.5. The summed E-state index contributed by atoms with van der Waals surface area (Å²) in [5, 5.41) is 16.3. The number of nitrogens with one attached hydrogen (secondary N) is 2. The predicted octanol–water partition coefficient (Wildman–Crippen LogP) is 3.25. The van der Waals surface area contributed by atoms with Crippen LogP contribution >= 0.6 is 0 Å². The van der Waals surface area contributed by atoms with Crippen molar-refractivity contribution in [1.29, 1.82) is 0 Å². The van der Waals surface area contributed by atoms with Gasteiger partial charge in [0.25, 0.3) is 0 Å². The van der Waals surface area contributed by atoms with Crippen molar-refractivity contribution in [3.8, 4) is 0 Å². The topological polar surface area (TPSA) is 133 Å². The maximum Gasteiger partial charge on any atom is 0.320 e. The number of aliphatic hydroxyl groups excluding tert-OH is 1. The number of imidazole rings is 1. The number of urea groups is 1. The molecule has 4 atom stereocenters. The number of ether oxygens (including phenoxy) is 3. The first-order valence-electron chi connectivity index (χ1n) is 14.4. The Morgan fingerprint density at radius 3 is 2.42 bits per heavy atom. The van der Waals surface area contributed by atoms with E-state index >= 15 is 0 Å². The molecule has 2 aromatic heterocycles. The van der Waals surface area contributed by atoms with Gasteiger partial charge in [-0.25, -0.2) is 19.7 Å². The number of carbonyl (C=O) groups is 1. The molecule has 9 rings (SSSR count). The summed E-state index contributed by atoms with van der Waals surface area (Å²) >= 11 is 0. The second-order valence-corrected chi connectivity index (χ2v) is 12.7. The molecule has 5 aliphatic carbocycles. The lowest BCUT2D eigenvalue weighted by atomic mass is 9.53. The Hall–Kier alpha value is -2.34. The number of fused-ring (bicyclic) bond motifs is 2. The number of aliphatic hydroxyl groups is 1. The van der Waals surface area contributed by atoms with E-state index in [0.29, 0.717) is 17.0 Å². The van der Waals surface area contributed by atoms with Crippen LogP contribution < -0.4 is 10.6 Å². The van der Waals surface area contributed by atoms with Gasteiger partial charge in [-0.15, -0.1) is 0 Å². The monoisotopic (exact) mass is 524 g/mol. The van der Waals surface area contributed by atoms with E-state index in [2.05, 4.69) is 25.6 Å². The number of anilines is 1. The third-order valence-electron chi connectivity index (χ3n) is 10.1. The summed E-state index contributed by atoms with van der Waals surface area (Å²) in [4.78, 5) is 26.6. The number of nitrogens with zero attached hydrogens (tertiary/aromatic N) is 4. The van der Waals surface area contributed by atoms with Crippen molar-refractivity contribution in [1.82, 2.24) is 24.8 Å². The highest BCUT2D eigenvalue weighted by molar-refractivity contribution is 5.96. The molecule has 0 aromatic carbocycles. The van der Waals surface area contributed by atoms with Crippen LogP contribution in [-0.2, 0) is 14.2 Å². The lowest BCUT2D eigenvalue weighted by molar-refractivity contribution is -0.232. The van der Waals surface area contributed by atoms with Crippen molar-refractivity contribution in [2.45, 2.75) is 106 Å². The fourth-order valence-electron chi connectivity index (χ4n) is 8.97. The molecule has 5 saturated carbocycles. The molecule has 1 spiro atoms. The van der Waals surface area contributed by atoms with Crippen LogP contribution in [0.15, 0.2) is 12.7 Å². The fraction of sp³-hybridized carbons (Fsp3) is 0.778. The molecule has 7 aliphatic rings. The second kappa shape index (κ2) is 8.58. The van der Waals surface area contributed by atoms with Gasteiger partial charge in [-0.2, -0.15) is 0 Å². The van der Waals surface area contributed by atoms with Gasteiger partial charge in [0.2, 0.25) is 0 Å². The summed E-state index contributed by atoms with van der Waals surface area (Å²) in [6.07, 6.45) is 13.5. The molecule has 7 fully saturated rings. The Morgan fingerprint density at radius 2 is 1.71 bits per heavy atom. The summed E-state index contributed by atoms with van der Waals surface area (Å²) < 4.78 is 21.0. The highest BCUT2D eigenvalue weighted by atomic mass is 16.8. The Bertz CT molecular complexity index is 1210. The average molecular weight is 525 g/mol. The Labute approximate surface area is 221 Å². The van der Waals surface area contributed by atoms with Crippen molar-refractivity contribution in [3.05, 3.63) is 12.7 Å². The van der Waals surface area contributed by atoms with E-state index in [1.54, 1.807) is 6.33 Å². The van der Waals surface area contributed by atoms with Crippen LogP contribution in [-0.4, -0.2) is 66.9 Å². The third-order valence-corrected chi connectivity index (χ3v) is 10.1. The van der Waals surface area contributed by atoms with E-state index in [1.165, 1.54) is 32.0 Å². The number of aromatic nitrogens is 4. The Morgan fingerprint density at radius 1 is 1.00 bits per heavy atom. The molecule has 204 valence electrons. The minimum Gasteiger partial charge on any atom is -0.394 e. The number of rotatable bonds is 4. The highest BCUT2D eigenvalue weighted by Crippen LogP contribution is 2.55. The van der Waals surface area contributed by atoms with Crippen LogP contribution in [0.5, 0.6) is 0 Å². The van der Waals surface area contributed by atoms with Crippen LogP contribution in [0.4, 0.5) is 10.6 Å². The molecule has 4 heterocycles. The SMILES string of the molecule is O=C(Nc1ncnc2c1ncn2[C@@H]1O[C@H](CO)[C@H]2OC3(CCCCC3)O[C@H]21)NC12CC3CC(CC(C3)C1)C2. The molecule has 0 radical (unpaired) electrons. The largest absolute Gasteiger partial charge is 0.394 e. The third kappa shape index (κ3) is 3.69. The fourth-order valence-corrected chi connectivity index (χ4v) is 8.97. The zero-order valence-corrected chi connectivity index (χ0v) is 21.6.